The maximum Gasteiger partial charge on any atom is 0.165 e. The van der Waals surface area contributed by atoms with Crippen LogP contribution in [0.1, 0.15) is 0 Å². The van der Waals surface area contributed by atoms with Crippen molar-refractivity contribution >= 4 is 28.4 Å². The number of benzene rings is 1. The van der Waals surface area contributed by atoms with Crippen LogP contribution in [0, 0.1) is 3.57 Å². The summed E-state index contributed by atoms with van der Waals surface area (Å²) >= 11 is 2.19. The van der Waals surface area contributed by atoms with Gasteiger partial charge in [0.15, 0.2) is 5.82 Å². The van der Waals surface area contributed by atoms with Gasteiger partial charge < -0.3 is 14.8 Å². The molecule has 0 atom stereocenters. The summed E-state index contributed by atoms with van der Waals surface area (Å²) in [5.74, 6) is 2.83. The molecule has 0 aliphatic rings. The first-order valence-electron chi connectivity index (χ1n) is 5.62. The highest BCUT2D eigenvalue weighted by Crippen LogP contribution is 2.32. The number of rotatable bonds is 4. The Balaban J connectivity index is 2.52. The molecule has 0 amide bonds. The minimum Gasteiger partial charge on any atom is -0.497 e. The lowest BCUT2D eigenvalue weighted by atomic mass is 10.1. The lowest BCUT2D eigenvalue weighted by Gasteiger charge is -2.10. The van der Waals surface area contributed by atoms with Gasteiger partial charge >= 0.3 is 0 Å². The van der Waals surface area contributed by atoms with Gasteiger partial charge in [-0.25, -0.2) is 9.97 Å². The summed E-state index contributed by atoms with van der Waals surface area (Å²) < 4.78 is 11.5. The van der Waals surface area contributed by atoms with Gasteiger partial charge in [-0.2, -0.15) is 0 Å². The highest BCUT2D eigenvalue weighted by Gasteiger charge is 2.12. The number of methoxy groups -OCH3 is 2. The Kier molecular flexibility index (Phi) is 4.41. The van der Waals surface area contributed by atoms with Crippen molar-refractivity contribution in [2.45, 2.75) is 0 Å². The van der Waals surface area contributed by atoms with Gasteiger partial charge in [0.1, 0.15) is 17.3 Å². The molecular weight excluding hydrogens is 357 g/mol. The zero-order valence-electron chi connectivity index (χ0n) is 10.9. The average molecular weight is 371 g/mol. The molecule has 0 aliphatic heterocycles. The lowest BCUT2D eigenvalue weighted by molar-refractivity contribution is 0.395. The number of hydrogen-bond donors (Lipinski definition) is 1. The van der Waals surface area contributed by atoms with Crippen molar-refractivity contribution in [3.05, 3.63) is 28.0 Å². The van der Waals surface area contributed by atoms with E-state index in [1.165, 1.54) is 0 Å². The number of nitrogens with zero attached hydrogens (tertiary/aromatic N) is 2. The van der Waals surface area contributed by atoms with Crippen LogP contribution in [-0.2, 0) is 0 Å². The van der Waals surface area contributed by atoms with Crippen molar-refractivity contribution < 1.29 is 9.47 Å². The molecule has 0 saturated heterocycles. The maximum absolute atomic E-state index is 5.36. The molecular formula is C13H14IN3O2. The van der Waals surface area contributed by atoms with Gasteiger partial charge in [-0.1, -0.05) is 0 Å². The van der Waals surface area contributed by atoms with Gasteiger partial charge in [0.05, 0.1) is 23.4 Å². The van der Waals surface area contributed by atoms with Crippen molar-refractivity contribution in [1.29, 1.82) is 0 Å². The third-order valence-corrected chi connectivity index (χ3v) is 3.42. The largest absolute Gasteiger partial charge is 0.497 e. The zero-order valence-corrected chi connectivity index (χ0v) is 13.1. The van der Waals surface area contributed by atoms with Crippen molar-refractivity contribution in [1.82, 2.24) is 9.97 Å². The molecule has 0 saturated carbocycles. The summed E-state index contributed by atoms with van der Waals surface area (Å²) in [5, 5.41) is 3.04. The van der Waals surface area contributed by atoms with E-state index in [1.54, 1.807) is 20.4 Å². The molecule has 0 spiro atoms. The molecule has 1 aromatic heterocycles. The van der Waals surface area contributed by atoms with Gasteiger partial charge in [0.2, 0.25) is 0 Å². The number of halogens is 1. The summed E-state index contributed by atoms with van der Waals surface area (Å²) in [5.41, 5.74) is 0.830. The standard InChI is InChI=1S/C13H14IN3O2/c1-15-13-10(14)7-16-12(17-13)9-5-4-8(18-2)6-11(9)19-3/h4-7H,1-3H3,(H,15,16,17). The van der Waals surface area contributed by atoms with Crippen molar-refractivity contribution in [2.75, 3.05) is 26.6 Å². The molecule has 0 bridgehead atoms. The Morgan fingerprint density at radius 2 is 2.00 bits per heavy atom. The first-order chi connectivity index (χ1) is 9.19. The summed E-state index contributed by atoms with van der Waals surface area (Å²) in [6.07, 6.45) is 1.78. The van der Waals surface area contributed by atoms with Crippen LogP contribution in [0.15, 0.2) is 24.4 Å². The summed E-state index contributed by atoms with van der Waals surface area (Å²) in [6, 6.07) is 5.56. The molecule has 1 N–H and O–H groups in total. The smallest absolute Gasteiger partial charge is 0.165 e. The van der Waals surface area contributed by atoms with Crippen molar-refractivity contribution in [2.24, 2.45) is 0 Å². The van der Waals surface area contributed by atoms with E-state index in [2.05, 4.69) is 37.9 Å². The van der Waals surface area contributed by atoms with Crippen LogP contribution in [0.4, 0.5) is 5.82 Å². The Labute approximate surface area is 125 Å². The second kappa shape index (κ2) is 6.05. The molecule has 2 rings (SSSR count). The predicted octanol–water partition coefficient (Wildman–Crippen LogP) is 2.81. The summed E-state index contributed by atoms with van der Waals surface area (Å²) in [7, 11) is 5.07. The maximum atomic E-state index is 5.36. The van der Waals surface area contributed by atoms with Gasteiger partial charge in [-0.15, -0.1) is 0 Å². The SMILES string of the molecule is CNc1nc(-c2ccc(OC)cc2OC)ncc1I. The van der Waals surface area contributed by atoms with Gasteiger partial charge in [0.25, 0.3) is 0 Å². The van der Waals surface area contributed by atoms with E-state index in [-0.39, 0.29) is 0 Å². The van der Waals surface area contributed by atoms with Crippen molar-refractivity contribution in [3.8, 4) is 22.9 Å². The first kappa shape index (κ1) is 13.9. The molecule has 5 nitrogen and oxygen atoms in total. The van der Waals surface area contributed by atoms with Crippen LogP contribution in [0.5, 0.6) is 11.5 Å². The van der Waals surface area contributed by atoms with Crippen LogP contribution in [0.3, 0.4) is 0 Å². The van der Waals surface area contributed by atoms with Crippen LogP contribution in [0.25, 0.3) is 11.4 Å². The van der Waals surface area contributed by atoms with E-state index in [1.807, 2.05) is 25.2 Å². The molecule has 0 unspecified atom stereocenters. The highest BCUT2D eigenvalue weighted by atomic mass is 127. The summed E-state index contributed by atoms with van der Waals surface area (Å²) in [4.78, 5) is 8.82. The van der Waals surface area contributed by atoms with E-state index in [0.717, 1.165) is 20.7 Å². The third kappa shape index (κ3) is 2.89. The Hall–Kier alpha value is -1.57. The monoisotopic (exact) mass is 371 g/mol. The average Bonchev–Trinajstić information content (AvgIpc) is 2.47. The fourth-order valence-electron chi connectivity index (χ4n) is 1.66. The minimum absolute atomic E-state index is 0.615. The number of ether oxygens (including phenoxy) is 2. The van der Waals surface area contributed by atoms with E-state index < -0.39 is 0 Å². The van der Waals surface area contributed by atoms with Crippen LogP contribution in [0.2, 0.25) is 0 Å². The normalized spacial score (nSPS) is 10.1. The molecule has 0 radical (unpaired) electrons. The first-order valence-corrected chi connectivity index (χ1v) is 6.70. The third-order valence-electron chi connectivity index (χ3n) is 2.63. The molecule has 2 aromatic rings. The van der Waals surface area contributed by atoms with Crippen molar-refractivity contribution in [3.63, 3.8) is 0 Å². The number of nitrogens with one attached hydrogen (secondary N) is 1. The molecule has 19 heavy (non-hydrogen) atoms. The Morgan fingerprint density at radius 1 is 1.21 bits per heavy atom. The molecule has 6 heteroatoms. The molecule has 100 valence electrons. The molecule has 1 aromatic carbocycles. The van der Waals surface area contributed by atoms with E-state index in [9.17, 15) is 0 Å². The van der Waals surface area contributed by atoms with E-state index >= 15 is 0 Å². The van der Waals surface area contributed by atoms with Crippen LogP contribution < -0.4 is 14.8 Å². The van der Waals surface area contributed by atoms with E-state index in [4.69, 9.17) is 9.47 Å². The van der Waals surface area contributed by atoms with Gasteiger partial charge in [-0.05, 0) is 34.7 Å². The Morgan fingerprint density at radius 3 is 2.63 bits per heavy atom. The lowest BCUT2D eigenvalue weighted by Crippen LogP contribution is -2.00. The van der Waals surface area contributed by atoms with Gasteiger partial charge in [0, 0.05) is 19.3 Å². The summed E-state index contributed by atoms with van der Waals surface area (Å²) in [6.45, 7) is 0. The molecule has 1 heterocycles. The topological polar surface area (TPSA) is 56.3 Å². The molecule has 0 aliphatic carbocycles. The fourth-order valence-corrected chi connectivity index (χ4v) is 2.19. The van der Waals surface area contributed by atoms with Crippen LogP contribution in [-0.4, -0.2) is 31.2 Å². The van der Waals surface area contributed by atoms with E-state index in [0.29, 0.717) is 11.6 Å². The van der Waals surface area contributed by atoms with Crippen LogP contribution >= 0.6 is 22.6 Å². The van der Waals surface area contributed by atoms with Gasteiger partial charge in [-0.3, -0.25) is 0 Å². The second-order valence-electron chi connectivity index (χ2n) is 3.71. The minimum atomic E-state index is 0.615. The predicted molar refractivity (Wildman–Crippen MR) is 82.8 cm³/mol. The number of anilines is 1. The highest BCUT2D eigenvalue weighted by molar-refractivity contribution is 14.1. The molecule has 0 fully saturated rings. The Bertz CT molecular complexity index is 590. The fraction of sp³-hybridized carbons (Fsp3) is 0.231. The number of aromatic nitrogens is 2. The number of hydrogen-bond acceptors (Lipinski definition) is 5. The quantitative estimate of drug-likeness (QED) is 0.838. The second-order valence-corrected chi connectivity index (χ2v) is 4.87. The zero-order chi connectivity index (χ0) is 13.8.